The molecule has 72 valence electrons. The lowest BCUT2D eigenvalue weighted by molar-refractivity contribution is 1.45. The second kappa shape index (κ2) is 4.69. The number of rotatable bonds is 1. The van der Waals surface area contributed by atoms with E-state index in [0.717, 1.165) is 11.8 Å². The summed E-state index contributed by atoms with van der Waals surface area (Å²) in [5, 5.41) is 0.849. The van der Waals surface area contributed by atoms with Crippen molar-refractivity contribution in [3.8, 4) is 0 Å². The zero-order valence-electron chi connectivity index (χ0n) is 6.03. The monoisotopic (exact) mass is 294 g/mol. The standard InChI is InChI=1S/C7H3Cl5S/c8-4-2-1-3-5(6(4)9)13-7(10,11)12/h1-3H. The highest BCUT2D eigenvalue weighted by atomic mass is 35.6. The first kappa shape index (κ1) is 12.1. The third-order valence-corrected chi connectivity index (χ3v) is 3.56. The maximum absolute atomic E-state index is 5.87. The lowest BCUT2D eigenvalue weighted by atomic mass is 10.4. The summed E-state index contributed by atoms with van der Waals surface area (Å²) in [6.45, 7) is 0. The van der Waals surface area contributed by atoms with Gasteiger partial charge in [0, 0.05) is 4.90 Å². The van der Waals surface area contributed by atoms with E-state index in [2.05, 4.69) is 0 Å². The van der Waals surface area contributed by atoms with E-state index in [4.69, 9.17) is 58.0 Å². The zero-order chi connectivity index (χ0) is 10.1. The summed E-state index contributed by atoms with van der Waals surface area (Å²) < 4.78 is -1.42. The van der Waals surface area contributed by atoms with Gasteiger partial charge in [0.1, 0.15) is 0 Å². The third-order valence-electron chi connectivity index (χ3n) is 1.14. The predicted molar refractivity (Wildman–Crippen MR) is 62.6 cm³/mol. The Kier molecular flexibility index (Phi) is 4.37. The van der Waals surface area contributed by atoms with Crippen molar-refractivity contribution in [2.24, 2.45) is 0 Å². The Morgan fingerprint density at radius 1 is 1.08 bits per heavy atom. The fourth-order valence-corrected chi connectivity index (χ4v) is 2.50. The Balaban J connectivity index is 2.96. The number of hydrogen-bond acceptors (Lipinski definition) is 1. The molecule has 0 fully saturated rings. The van der Waals surface area contributed by atoms with E-state index in [0.29, 0.717) is 14.9 Å². The number of alkyl halides is 3. The number of thioether (sulfide) groups is 1. The Morgan fingerprint density at radius 2 is 1.69 bits per heavy atom. The molecule has 1 aromatic rings. The molecule has 0 aliphatic heterocycles. The smallest absolute Gasteiger partial charge is 0.0827 e. The van der Waals surface area contributed by atoms with Gasteiger partial charge in [-0.2, -0.15) is 0 Å². The van der Waals surface area contributed by atoms with Crippen LogP contribution in [0.5, 0.6) is 0 Å². The van der Waals surface area contributed by atoms with E-state index < -0.39 is 3.12 Å². The molecule has 0 radical (unpaired) electrons. The van der Waals surface area contributed by atoms with Crippen LogP contribution in [0.1, 0.15) is 0 Å². The minimum absolute atomic E-state index is 0.403. The van der Waals surface area contributed by atoms with Crippen LogP contribution < -0.4 is 0 Å². The molecular weight excluding hydrogens is 293 g/mol. The van der Waals surface area contributed by atoms with Gasteiger partial charge in [-0.05, 0) is 12.1 Å². The SMILES string of the molecule is Clc1cccc(SC(Cl)(Cl)Cl)c1Cl. The predicted octanol–water partition coefficient (Wildman–Crippen LogP) is 5.41. The van der Waals surface area contributed by atoms with Crippen molar-refractivity contribution in [3.05, 3.63) is 28.2 Å². The van der Waals surface area contributed by atoms with Gasteiger partial charge in [-0.15, -0.1) is 0 Å². The van der Waals surface area contributed by atoms with Gasteiger partial charge in [-0.1, -0.05) is 75.8 Å². The first-order chi connectivity index (χ1) is 5.90. The van der Waals surface area contributed by atoms with Gasteiger partial charge >= 0.3 is 0 Å². The van der Waals surface area contributed by atoms with Gasteiger partial charge in [-0.3, -0.25) is 0 Å². The van der Waals surface area contributed by atoms with Gasteiger partial charge in [0.15, 0.2) is 0 Å². The van der Waals surface area contributed by atoms with Crippen molar-refractivity contribution in [1.82, 2.24) is 0 Å². The lowest BCUT2D eigenvalue weighted by Crippen LogP contribution is -1.93. The molecule has 13 heavy (non-hydrogen) atoms. The molecule has 1 rings (SSSR count). The minimum Gasteiger partial charge on any atom is -0.0827 e. The van der Waals surface area contributed by atoms with Crippen LogP contribution >= 0.6 is 69.8 Å². The highest BCUT2D eigenvalue weighted by molar-refractivity contribution is 8.04. The molecule has 0 unspecified atom stereocenters. The Labute approximate surface area is 105 Å². The molecule has 0 aliphatic rings. The number of halogens is 5. The van der Waals surface area contributed by atoms with E-state index in [1.54, 1.807) is 18.2 Å². The summed E-state index contributed by atoms with van der Waals surface area (Å²) in [6, 6.07) is 5.15. The average Bonchev–Trinajstić information content (AvgIpc) is 1.96. The normalized spacial score (nSPS) is 11.8. The molecule has 0 heterocycles. The van der Waals surface area contributed by atoms with Crippen molar-refractivity contribution in [1.29, 1.82) is 0 Å². The van der Waals surface area contributed by atoms with Gasteiger partial charge in [0.2, 0.25) is 3.12 Å². The van der Waals surface area contributed by atoms with Crippen LogP contribution in [0.2, 0.25) is 10.0 Å². The molecule has 0 bridgehead atoms. The Hall–Kier alpha value is 1.02. The van der Waals surface area contributed by atoms with Crippen LogP contribution in [0.4, 0.5) is 0 Å². The Morgan fingerprint density at radius 3 is 2.23 bits per heavy atom. The Bertz CT molecular complexity index is 306. The molecule has 0 aromatic heterocycles. The summed E-state index contributed by atoms with van der Waals surface area (Å²) in [6.07, 6.45) is 0. The number of hydrogen-bond donors (Lipinski definition) is 0. The molecule has 0 saturated heterocycles. The molecular formula is C7H3Cl5S. The highest BCUT2D eigenvalue weighted by Crippen LogP contribution is 2.46. The quantitative estimate of drug-likeness (QED) is 0.493. The van der Waals surface area contributed by atoms with Crippen molar-refractivity contribution >= 4 is 69.8 Å². The van der Waals surface area contributed by atoms with Crippen molar-refractivity contribution < 1.29 is 0 Å². The first-order valence-corrected chi connectivity index (χ1v) is 5.80. The summed E-state index contributed by atoms with van der Waals surface area (Å²) >= 11 is 29.4. The van der Waals surface area contributed by atoms with Crippen molar-refractivity contribution in [3.63, 3.8) is 0 Å². The maximum Gasteiger partial charge on any atom is 0.241 e. The van der Waals surface area contributed by atoms with Gasteiger partial charge in [0.25, 0.3) is 0 Å². The molecule has 0 amide bonds. The molecule has 6 heteroatoms. The van der Waals surface area contributed by atoms with Gasteiger partial charge in [0.05, 0.1) is 10.0 Å². The van der Waals surface area contributed by atoms with E-state index in [-0.39, 0.29) is 0 Å². The number of benzene rings is 1. The molecule has 0 N–H and O–H groups in total. The van der Waals surface area contributed by atoms with Crippen LogP contribution in [0.25, 0.3) is 0 Å². The molecule has 0 atom stereocenters. The summed E-state index contributed by atoms with van der Waals surface area (Å²) in [5.41, 5.74) is 0. The van der Waals surface area contributed by atoms with Crippen molar-refractivity contribution in [2.75, 3.05) is 0 Å². The fraction of sp³-hybridized carbons (Fsp3) is 0.143. The van der Waals surface area contributed by atoms with Crippen LogP contribution in [0.15, 0.2) is 23.1 Å². The van der Waals surface area contributed by atoms with Crippen LogP contribution in [-0.2, 0) is 0 Å². The van der Waals surface area contributed by atoms with E-state index in [1.807, 2.05) is 0 Å². The second-order valence-electron chi connectivity index (χ2n) is 2.10. The fourth-order valence-electron chi connectivity index (χ4n) is 0.688. The van der Waals surface area contributed by atoms with Crippen molar-refractivity contribution in [2.45, 2.75) is 8.02 Å². The highest BCUT2D eigenvalue weighted by Gasteiger charge is 2.23. The molecule has 0 spiro atoms. The topological polar surface area (TPSA) is 0 Å². The summed E-state index contributed by atoms with van der Waals surface area (Å²) in [7, 11) is 0. The van der Waals surface area contributed by atoms with Crippen LogP contribution in [0.3, 0.4) is 0 Å². The second-order valence-corrected chi connectivity index (χ2v) is 7.09. The average molecular weight is 296 g/mol. The zero-order valence-corrected chi connectivity index (χ0v) is 10.6. The largest absolute Gasteiger partial charge is 0.241 e. The van der Waals surface area contributed by atoms with Crippen LogP contribution in [0, 0.1) is 0 Å². The molecule has 1 aromatic carbocycles. The van der Waals surface area contributed by atoms with E-state index >= 15 is 0 Å². The molecule has 0 aliphatic carbocycles. The first-order valence-electron chi connectivity index (χ1n) is 3.10. The van der Waals surface area contributed by atoms with Gasteiger partial charge < -0.3 is 0 Å². The third kappa shape index (κ3) is 3.94. The van der Waals surface area contributed by atoms with Crippen LogP contribution in [-0.4, -0.2) is 3.12 Å². The maximum atomic E-state index is 5.87. The lowest BCUT2D eigenvalue weighted by Gasteiger charge is -2.11. The molecule has 0 saturated carbocycles. The summed E-state index contributed by atoms with van der Waals surface area (Å²) in [5.74, 6) is 0. The van der Waals surface area contributed by atoms with E-state index in [9.17, 15) is 0 Å². The minimum atomic E-state index is -1.42. The summed E-state index contributed by atoms with van der Waals surface area (Å²) in [4.78, 5) is 0.647. The molecule has 0 nitrogen and oxygen atoms in total. The van der Waals surface area contributed by atoms with Gasteiger partial charge in [-0.25, -0.2) is 0 Å². The van der Waals surface area contributed by atoms with E-state index in [1.165, 1.54) is 0 Å².